The Morgan fingerprint density at radius 1 is 0.757 bits per heavy atom. The number of aryl methyl sites for hydroxylation is 1. The molecule has 180 valence electrons. The summed E-state index contributed by atoms with van der Waals surface area (Å²) >= 11 is 6.31. The maximum Gasteiger partial charge on any atom is 0.213 e. The molecule has 5 nitrogen and oxygen atoms in total. The third kappa shape index (κ3) is 3.54. The van der Waals surface area contributed by atoms with Crippen molar-refractivity contribution in [1.29, 1.82) is 0 Å². The van der Waals surface area contributed by atoms with E-state index in [0.717, 1.165) is 50.7 Å². The van der Waals surface area contributed by atoms with E-state index in [-0.39, 0.29) is 6.04 Å². The van der Waals surface area contributed by atoms with Crippen molar-refractivity contribution in [3.63, 3.8) is 0 Å². The van der Waals surface area contributed by atoms with Crippen LogP contribution < -0.4 is 9.80 Å². The van der Waals surface area contributed by atoms with Crippen LogP contribution in [0.5, 0.6) is 0 Å². The van der Waals surface area contributed by atoms with Crippen LogP contribution in [0.15, 0.2) is 114 Å². The fraction of sp³-hybridized carbons (Fsp3) is 0.0968. The zero-order chi connectivity index (χ0) is 24.9. The molecule has 0 amide bonds. The summed E-state index contributed by atoms with van der Waals surface area (Å²) in [4.78, 5) is 10.0. The van der Waals surface area contributed by atoms with Crippen molar-refractivity contribution in [2.75, 3.05) is 9.80 Å². The van der Waals surface area contributed by atoms with Gasteiger partial charge in [-0.3, -0.25) is 4.90 Å². The number of para-hydroxylation sites is 3. The van der Waals surface area contributed by atoms with Crippen molar-refractivity contribution >= 4 is 34.8 Å². The fourth-order valence-electron chi connectivity index (χ4n) is 5.42. The van der Waals surface area contributed by atoms with Gasteiger partial charge in [0.15, 0.2) is 5.82 Å². The Morgan fingerprint density at radius 2 is 1.41 bits per heavy atom. The summed E-state index contributed by atoms with van der Waals surface area (Å²) in [6.07, 6.45) is 0. The third-order valence-electron chi connectivity index (χ3n) is 7.08. The van der Waals surface area contributed by atoms with Gasteiger partial charge in [-0.1, -0.05) is 84.4 Å². The molecule has 0 spiro atoms. The Labute approximate surface area is 220 Å². The number of guanidine groups is 1. The van der Waals surface area contributed by atoms with Crippen LogP contribution in [0.3, 0.4) is 0 Å². The van der Waals surface area contributed by atoms with Crippen molar-refractivity contribution in [3.8, 4) is 5.69 Å². The number of benzene rings is 4. The molecule has 1 atom stereocenters. The topological polar surface area (TPSA) is 36.7 Å². The molecule has 3 heterocycles. The second-order valence-corrected chi connectivity index (χ2v) is 9.80. The second kappa shape index (κ2) is 8.64. The number of aliphatic imine (C=N–C) groups is 1. The predicted molar refractivity (Wildman–Crippen MR) is 150 cm³/mol. The average Bonchev–Trinajstić information content (AvgIpc) is 3.44. The number of halogens is 1. The SMILES string of the molecule is Cc1nn(-c2ccccc2)c2c1[C@@H](c1ccc(Cl)cc1)N1C(=N2)N(Cc2ccccc2)c2ccccc21. The highest BCUT2D eigenvalue weighted by molar-refractivity contribution is 6.30. The van der Waals surface area contributed by atoms with E-state index >= 15 is 0 Å². The lowest BCUT2D eigenvalue weighted by molar-refractivity contribution is 0.811. The van der Waals surface area contributed by atoms with E-state index < -0.39 is 0 Å². The Morgan fingerprint density at radius 3 is 2.14 bits per heavy atom. The molecular weight excluding hydrogens is 478 g/mol. The standard InChI is InChI=1S/C31H24ClN5/c1-21-28-29(23-16-18-24(32)19-17-23)36-27-15-9-8-14-26(27)35(20-22-10-4-2-5-11-22)31(36)33-30(28)37(34-21)25-12-6-3-7-13-25/h2-19,29H,20H2,1H3/t29-/m1/s1. The summed E-state index contributed by atoms with van der Waals surface area (Å²) in [5.74, 6) is 1.76. The Balaban J connectivity index is 1.48. The number of aromatic nitrogens is 2. The molecule has 0 aliphatic carbocycles. The summed E-state index contributed by atoms with van der Waals surface area (Å²) in [7, 11) is 0. The van der Waals surface area contributed by atoms with Crippen molar-refractivity contribution in [2.45, 2.75) is 19.5 Å². The van der Waals surface area contributed by atoms with Crippen molar-refractivity contribution < 1.29 is 0 Å². The molecular formula is C31H24ClN5. The Bertz CT molecular complexity index is 1620. The molecule has 0 bridgehead atoms. The van der Waals surface area contributed by atoms with E-state index in [1.54, 1.807) is 0 Å². The van der Waals surface area contributed by atoms with Gasteiger partial charge in [0, 0.05) is 10.6 Å². The lowest BCUT2D eigenvalue weighted by Gasteiger charge is -2.35. The maximum absolute atomic E-state index is 6.31. The largest absolute Gasteiger partial charge is 0.305 e. The fourth-order valence-corrected chi connectivity index (χ4v) is 5.55. The van der Waals surface area contributed by atoms with Crippen LogP contribution in [0.25, 0.3) is 5.69 Å². The number of hydrogen-bond acceptors (Lipinski definition) is 4. The molecule has 0 N–H and O–H groups in total. The predicted octanol–water partition coefficient (Wildman–Crippen LogP) is 7.45. The summed E-state index contributed by atoms with van der Waals surface area (Å²) in [6, 6.07) is 37.4. The number of anilines is 2. The molecule has 0 fully saturated rings. The second-order valence-electron chi connectivity index (χ2n) is 9.37. The minimum atomic E-state index is -0.0980. The van der Waals surface area contributed by atoms with Crippen LogP contribution in [-0.4, -0.2) is 15.7 Å². The summed E-state index contributed by atoms with van der Waals surface area (Å²) < 4.78 is 1.97. The maximum atomic E-state index is 6.31. The van der Waals surface area contributed by atoms with Crippen LogP contribution >= 0.6 is 11.6 Å². The molecule has 0 radical (unpaired) electrons. The van der Waals surface area contributed by atoms with Crippen LogP contribution in [0.2, 0.25) is 5.02 Å². The molecule has 2 aliphatic heterocycles. The molecule has 0 unspecified atom stereocenters. The first-order valence-corrected chi connectivity index (χ1v) is 12.8. The third-order valence-corrected chi connectivity index (χ3v) is 7.33. The summed E-state index contributed by atoms with van der Waals surface area (Å²) in [6.45, 7) is 2.79. The molecule has 0 saturated carbocycles. The molecule has 1 aromatic heterocycles. The highest BCUT2D eigenvalue weighted by Gasteiger charge is 2.44. The first kappa shape index (κ1) is 21.9. The van der Waals surface area contributed by atoms with Crippen LogP contribution in [0, 0.1) is 6.92 Å². The van der Waals surface area contributed by atoms with Gasteiger partial charge in [-0.05, 0) is 54.4 Å². The van der Waals surface area contributed by atoms with E-state index in [1.165, 1.54) is 5.56 Å². The van der Waals surface area contributed by atoms with Crippen LogP contribution in [-0.2, 0) is 6.54 Å². The summed E-state index contributed by atoms with van der Waals surface area (Å²) in [5, 5.41) is 5.71. The molecule has 6 heteroatoms. The quantitative estimate of drug-likeness (QED) is 0.256. The van der Waals surface area contributed by atoms with Gasteiger partial charge in [-0.15, -0.1) is 0 Å². The Kier molecular flexibility index (Phi) is 5.11. The number of nitrogens with zero attached hydrogens (tertiary/aromatic N) is 5. The lowest BCUT2D eigenvalue weighted by atomic mass is 9.95. The normalized spacial score (nSPS) is 15.7. The molecule has 37 heavy (non-hydrogen) atoms. The summed E-state index contributed by atoms with van der Waals surface area (Å²) in [5.41, 5.74) is 7.70. The monoisotopic (exact) mass is 501 g/mol. The Hall–Kier alpha value is -4.35. The highest BCUT2D eigenvalue weighted by Crippen LogP contribution is 2.51. The minimum absolute atomic E-state index is 0.0980. The van der Waals surface area contributed by atoms with Crippen LogP contribution in [0.4, 0.5) is 17.2 Å². The van der Waals surface area contributed by atoms with Gasteiger partial charge < -0.3 is 4.90 Å². The van der Waals surface area contributed by atoms with E-state index in [1.807, 2.05) is 35.0 Å². The minimum Gasteiger partial charge on any atom is -0.305 e. The van der Waals surface area contributed by atoms with Crippen LogP contribution in [0.1, 0.15) is 28.4 Å². The molecule has 7 rings (SSSR count). The van der Waals surface area contributed by atoms with Gasteiger partial charge in [0.05, 0.1) is 35.3 Å². The van der Waals surface area contributed by atoms with Gasteiger partial charge in [0.1, 0.15) is 0 Å². The number of fused-ring (bicyclic) bond motifs is 4. The smallest absolute Gasteiger partial charge is 0.213 e. The highest BCUT2D eigenvalue weighted by atomic mass is 35.5. The van der Waals surface area contributed by atoms with Gasteiger partial charge in [0.25, 0.3) is 0 Å². The van der Waals surface area contributed by atoms with Gasteiger partial charge in [-0.25, -0.2) is 4.68 Å². The average molecular weight is 502 g/mol. The van der Waals surface area contributed by atoms with Gasteiger partial charge in [-0.2, -0.15) is 10.1 Å². The number of hydrogen-bond donors (Lipinski definition) is 0. The lowest BCUT2D eigenvalue weighted by Crippen LogP contribution is -2.42. The van der Waals surface area contributed by atoms with E-state index in [0.29, 0.717) is 6.54 Å². The van der Waals surface area contributed by atoms with Crippen molar-refractivity contribution in [2.24, 2.45) is 4.99 Å². The zero-order valence-electron chi connectivity index (χ0n) is 20.3. The van der Waals surface area contributed by atoms with Crippen molar-refractivity contribution in [1.82, 2.24) is 9.78 Å². The molecule has 2 aliphatic rings. The molecule has 0 saturated heterocycles. The number of rotatable bonds is 4. The zero-order valence-corrected chi connectivity index (χ0v) is 21.0. The first-order chi connectivity index (χ1) is 18.2. The van der Waals surface area contributed by atoms with Gasteiger partial charge in [0.2, 0.25) is 5.96 Å². The van der Waals surface area contributed by atoms with E-state index in [2.05, 4.69) is 95.6 Å². The van der Waals surface area contributed by atoms with Gasteiger partial charge >= 0.3 is 0 Å². The van der Waals surface area contributed by atoms with E-state index in [4.69, 9.17) is 21.7 Å². The van der Waals surface area contributed by atoms with Crippen molar-refractivity contribution in [3.05, 3.63) is 137 Å². The molecule has 5 aromatic rings. The molecule has 4 aromatic carbocycles. The first-order valence-electron chi connectivity index (χ1n) is 12.4. The van der Waals surface area contributed by atoms with E-state index in [9.17, 15) is 0 Å².